The average molecular weight is 289 g/mol. The molecule has 0 aliphatic heterocycles. The minimum atomic E-state index is -4.64. The van der Waals surface area contributed by atoms with Gasteiger partial charge in [-0.05, 0) is 43.5 Å². The Kier molecular flexibility index (Phi) is 4.68. The van der Waals surface area contributed by atoms with E-state index in [1.54, 1.807) is 0 Å². The van der Waals surface area contributed by atoms with E-state index >= 15 is 0 Å². The monoisotopic (exact) mass is 289 g/mol. The third-order valence-electron chi connectivity index (χ3n) is 4.11. The standard InChI is InChI=1S/C15H19F4N/c1-20-14-6-4-2-3-5-11(14)10-7-8-13(16)12(9-10)15(17,18)19/h7-9,11,14,20H,2-6H2,1H3. The molecule has 2 unspecified atom stereocenters. The van der Waals surface area contributed by atoms with Crippen LogP contribution in [0.2, 0.25) is 0 Å². The largest absolute Gasteiger partial charge is 0.419 e. The summed E-state index contributed by atoms with van der Waals surface area (Å²) in [5.74, 6) is -1.18. The lowest BCUT2D eigenvalue weighted by molar-refractivity contribution is -0.140. The second-order valence-electron chi connectivity index (χ2n) is 5.38. The van der Waals surface area contributed by atoms with E-state index in [-0.39, 0.29) is 12.0 Å². The number of nitrogens with one attached hydrogen (secondary N) is 1. The van der Waals surface area contributed by atoms with Crippen molar-refractivity contribution >= 4 is 0 Å². The number of benzene rings is 1. The molecule has 0 spiro atoms. The summed E-state index contributed by atoms with van der Waals surface area (Å²) in [5.41, 5.74) is -0.575. The van der Waals surface area contributed by atoms with E-state index < -0.39 is 17.6 Å². The molecule has 5 heteroatoms. The van der Waals surface area contributed by atoms with Crippen LogP contribution >= 0.6 is 0 Å². The van der Waals surface area contributed by atoms with Crippen molar-refractivity contribution in [1.29, 1.82) is 0 Å². The molecule has 20 heavy (non-hydrogen) atoms. The van der Waals surface area contributed by atoms with Gasteiger partial charge >= 0.3 is 6.18 Å². The molecule has 1 aliphatic rings. The summed E-state index contributed by atoms with van der Waals surface area (Å²) in [5, 5.41) is 3.19. The number of likely N-dealkylation sites (N-methyl/N-ethyl adjacent to an activating group) is 1. The van der Waals surface area contributed by atoms with Crippen LogP contribution in [0.3, 0.4) is 0 Å². The van der Waals surface area contributed by atoms with Gasteiger partial charge in [0.25, 0.3) is 0 Å². The summed E-state index contributed by atoms with van der Waals surface area (Å²) >= 11 is 0. The molecule has 1 nitrogen and oxygen atoms in total. The molecule has 1 aromatic rings. The maximum atomic E-state index is 13.4. The van der Waals surface area contributed by atoms with E-state index in [9.17, 15) is 17.6 Å². The first-order chi connectivity index (χ1) is 9.43. The van der Waals surface area contributed by atoms with Gasteiger partial charge in [-0.2, -0.15) is 13.2 Å². The number of halogens is 4. The summed E-state index contributed by atoms with van der Waals surface area (Å²) in [6, 6.07) is 3.57. The molecule has 1 fully saturated rings. The maximum Gasteiger partial charge on any atom is 0.419 e. The van der Waals surface area contributed by atoms with Crippen LogP contribution < -0.4 is 5.32 Å². The number of hydrogen-bond acceptors (Lipinski definition) is 1. The first-order valence-corrected chi connectivity index (χ1v) is 6.97. The van der Waals surface area contributed by atoms with Crippen molar-refractivity contribution in [2.75, 3.05) is 7.05 Å². The zero-order valence-electron chi connectivity index (χ0n) is 11.4. The molecule has 0 heterocycles. The molecular weight excluding hydrogens is 270 g/mol. The van der Waals surface area contributed by atoms with E-state index in [0.29, 0.717) is 5.56 Å². The van der Waals surface area contributed by atoms with Crippen LogP contribution in [0.25, 0.3) is 0 Å². The van der Waals surface area contributed by atoms with Crippen molar-refractivity contribution in [3.05, 3.63) is 35.1 Å². The Hall–Kier alpha value is -1.10. The van der Waals surface area contributed by atoms with Crippen LogP contribution in [0.15, 0.2) is 18.2 Å². The van der Waals surface area contributed by atoms with Crippen LogP contribution in [0.5, 0.6) is 0 Å². The highest BCUT2D eigenvalue weighted by molar-refractivity contribution is 5.31. The third-order valence-corrected chi connectivity index (χ3v) is 4.11. The summed E-state index contributed by atoms with van der Waals surface area (Å²) in [6.45, 7) is 0. The number of hydrogen-bond donors (Lipinski definition) is 1. The fourth-order valence-corrected chi connectivity index (χ4v) is 3.04. The highest BCUT2D eigenvalue weighted by atomic mass is 19.4. The van der Waals surface area contributed by atoms with Crippen LogP contribution in [0.1, 0.15) is 49.1 Å². The van der Waals surface area contributed by atoms with Crippen LogP contribution in [0.4, 0.5) is 17.6 Å². The van der Waals surface area contributed by atoms with Gasteiger partial charge in [0.2, 0.25) is 0 Å². The topological polar surface area (TPSA) is 12.0 Å². The molecule has 0 aromatic heterocycles. The van der Waals surface area contributed by atoms with Crippen molar-refractivity contribution in [2.45, 2.75) is 50.2 Å². The molecule has 0 saturated heterocycles. The highest BCUT2D eigenvalue weighted by Crippen LogP contribution is 2.37. The van der Waals surface area contributed by atoms with Crippen LogP contribution in [0, 0.1) is 5.82 Å². The number of rotatable bonds is 2. The van der Waals surface area contributed by atoms with Gasteiger partial charge in [-0.25, -0.2) is 4.39 Å². The van der Waals surface area contributed by atoms with Gasteiger partial charge in [-0.3, -0.25) is 0 Å². The van der Waals surface area contributed by atoms with Gasteiger partial charge in [-0.1, -0.05) is 25.3 Å². The summed E-state index contributed by atoms with van der Waals surface area (Å²) < 4.78 is 51.8. The van der Waals surface area contributed by atoms with Crippen LogP contribution in [-0.4, -0.2) is 13.1 Å². The predicted octanol–water partition coefficient (Wildman–Crippen LogP) is 4.48. The van der Waals surface area contributed by atoms with E-state index in [1.807, 2.05) is 7.05 Å². The molecule has 1 aromatic carbocycles. The van der Waals surface area contributed by atoms with Crippen molar-refractivity contribution in [2.24, 2.45) is 0 Å². The average Bonchev–Trinajstić information content (AvgIpc) is 2.63. The second kappa shape index (κ2) is 6.12. The molecule has 0 amide bonds. The van der Waals surface area contributed by atoms with Crippen molar-refractivity contribution in [3.63, 3.8) is 0 Å². The molecule has 112 valence electrons. The van der Waals surface area contributed by atoms with E-state index in [1.165, 1.54) is 6.07 Å². The molecule has 1 saturated carbocycles. The van der Waals surface area contributed by atoms with Gasteiger partial charge in [0.05, 0.1) is 5.56 Å². The van der Waals surface area contributed by atoms with Gasteiger partial charge in [0.1, 0.15) is 5.82 Å². The molecule has 2 rings (SSSR count). The van der Waals surface area contributed by atoms with E-state index in [0.717, 1.165) is 44.2 Å². The Morgan fingerprint density at radius 3 is 2.45 bits per heavy atom. The SMILES string of the molecule is CNC1CCCCCC1c1ccc(F)c(C(F)(F)F)c1. The van der Waals surface area contributed by atoms with Gasteiger partial charge in [-0.15, -0.1) is 0 Å². The van der Waals surface area contributed by atoms with Crippen molar-refractivity contribution in [3.8, 4) is 0 Å². The molecule has 1 N–H and O–H groups in total. The van der Waals surface area contributed by atoms with E-state index in [4.69, 9.17) is 0 Å². The minimum absolute atomic E-state index is 0.0178. The van der Waals surface area contributed by atoms with Gasteiger partial charge < -0.3 is 5.32 Å². The highest BCUT2D eigenvalue weighted by Gasteiger charge is 2.35. The second-order valence-corrected chi connectivity index (χ2v) is 5.38. The van der Waals surface area contributed by atoms with Gasteiger partial charge in [0.15, 0.2) is 0 Å². The molecule has 1 aliphatic carbocycles. The van der Waals surface area contributed by atoms with Crippen LogP contribution in [-0.2, 0) is 6.18 Å². The Balaban J connectivity index is 2.35. The predicted molar refractivity (Wildman–Crippen MR) is 70.1 cm³/mol. The third kappa shape index (κ3) is 3.32. The molecular formula is C15H19F4N. The first kappa shape index (κ1) is 15.3. The van der Waals surface area contributed by atoms with Gasteiger partial charge in [0, 0.05) is 6.04 Å². The summed E-state index contributed by atoms with van der Waals surface area (Å²) in [6.07, 6.45) is 0.327. The quantitative estimate of drug-likeness (QED) is 0.625. The Morgan fingerprint density at radius 2 is 1.80 bits per heavy atom. The molecule has 0 radical (unpaired) electrons. The smallest absolute Gasteiger partial charge is 0.316 e. The zero-order valence-corrected chi connectivity index (χ0v) is 11.4. The van der Waals surface area contributed by atoms with Crippen molar-refractivity contribution < 1.29 is 17.6 Å². The Morgan fingerprint density at radius 1 is 1.10 bits per heavy atom. The summed E-state index contributed by atoms with van der Waals surface area (Å²) in [7, 11) is 1.83. The fourth-order valence-electron chi connectivity index (χ4n) is 3.04. The lowest BCUT2D eigenvalue weighted by Gasteiger charge is -2.26. The minimum Gasteiger partial charge on any atom is -0.316 e. The van der Waals surface area contributed by atoms with Crippen molar-refractivity contribution in [1.82, 2.24) is 5.32 Å². The lowest BCUT2D eigenvalue weighted by atomic mass is 9.86. The maximum absolute atomic E-state index is 13.4. The first-order valence-electron chi connectivity index (χ1n) is 6.97. The Bertz CT molecular complexity index is 456. The molecule has 0 bridgehead atoms. The zero-order chi connectivity index (χ0) is 14.8. The van der Waals surface area contributed by atoms with E-state index in [2.05, 4.69) is 5.32 Å². The fraction of sp³-hybridized carbons (Fsp3) is 0.600. The lowest BCUT2D eigenvalue weighted by Crippen LogP contribution is -2.31. The summed E-state index contributed by atoms with van der Waals surface area (Å²) in [4.78, 5) is 0. The Labute approximate surface area is 116 Å². The normalized spacial score (nSPS) is 24.4. The number of alkyl halides is 3. The molecule has 2 atom stereocenters.